The molecule has 16 heavy (non-hydrogen) atoms. The van der Waals surface area contributed by atoms with E-state index in [9.17, 15) is 9.59 Å². The van der Waals surface area contributed by atoms with Crippen molar-refractivity contribution in [2.24, 2.45) is 0 Å². The largest absolute Gasteiger partial charge is 0.465 e. The van der Waals surface area contributed by atoms with Crippen LogP contribution >= 0.6 is 31.9 Å². The molecule has 1 aromatic carbocycles. The van der Waals surface area contributed by atoms with Gasteiger partial charge in [0.05, 0.1) is 6.61 Å². The topological polar surface area (TPSA) is 43.4 Å². The molecule has 1 rings (SSSR count). The van der Waals surface area contributed by atoms with E-state index in [0.717, 1.165) is 4.47 Å². The molecule has 5 heteroatoms. The molecule has 0 bridgehead atoms. The van der Waals surface area contributed by atoms with Crippen LogP contribution in [0.25, 0.3) is 0 Å². The number of carbonyl (C=O) groups is 2. The number of esters is 1. The van der Waals surface area contributed by atoms with Crippen molar-refractivity contribution in [3.63, 3.8) is 0 Å². The number of carbonyl (C=O) groups excluding carboxylic acids is 2. The van der Waals surface area contributed by atoms with Crippen LogP contribution in [-0.4, -0.2) is 23.2 Å². The fourth-order valence-electron chi connectivity index (χ4n) is 1.08. The Morgan fingerprint density at radius 2 is 1.88 bits per heavy atom. The lowest BCUT2D eigenvalue weighted by Crippen LogP contribution is -2.26. The first-order valence-electron chi connectivity index (χ1n) is 4.66. The molecule has 0 aliphatic heterocycles. The minimum atomic E-state index is -0.936. The van der Waals surface area contributed by atoms with Crippen LogP contribution in [0.1, 0.15) is 17.3 Å². The van der Waals surface area contributed by atoms with Gasteiger partial charge in [-0.15, -0.1) is 0 Å². The summed E-state index contributed by atoms with van der Waals surface area (Å²) in [6, 6.07) is 6.80. The van der Waals surface area contributed by atoms with Gasteiger partial charge in [0.15, 0.2) is 10.6 Å². The van der Waals surface area contributed by atoms with Gasteiger partial charge in [0.2, 0.25) is 0 Å². The predicted octanol–water partition coefficient (Wildman–Crippen LogP) is 2.96. The molecule has 0 radical (unpaired) electrons. The normalized spacial score (nSPS) is 11.9. The van der Waals surface area contributed by atoms with Gasteiger partial charge < -0.3 is 4.74 Å². The number of ether oxygens (including phenoxy) is 1. The molecule has 1 aromatic rings. The molecule has 0 aliphatic rings. The van der Waals surface area contributed by atoms with Crippen LogP contribution in [0, 0.1) is 0 Å². The molecule has 86 valence electrons. The highest BCUT2D eigenvalue weighted by Gasteiger charge is 2.25. The Balaban J connectivity index is 2.78. The van der Waals surface area contributed by atoms with E-state index < -0.39 is 10.8 Å². The number of ketones is 1. The summed E-state index contributed by atoms with van der Waals surface area (Å²) >= 11 is 6.30. The lowest BCUT2D eigenvalue weighted by molar-refractivity contribution is -0.141. The average Bonchev–Trinajstić information content (AvgIpc) is 2.28. The summed E-state index contributed by atoms with van der Waals surface area (Å²) in [5, 5.41) is 0. The Kier molecular flexibility index (Phi) is 5.15. The van der Waals surface area contributed by atoms with Gasteiger partial charge in [-0.1, -0.05) is 44.0 Å². The van der Waals surface area contributed by atoms with Crippen LogP contribution < -0.4 is 0 Å². The Labute approximate surface area is 110 Å². The second-order valence-electron chi connectivity index (χ2n) is 2.99. The Hall–Kier alpha value is -0.680. The van der Waals surface area contributed by atoms with Crippen LogP contribution in [0.5, 0.6) is 0 Å². The lowest BCUT2D eigenvalue weighted by Gasteiger charge is -2.07. The van der Waals surface area contributed by atoms with Crippen molar-refractivity contribution in [1.82, 2.24) is 0 Å². The maximum Gasteiger partial charge on any atom is 0.327 e. The SMILES string of the molecule is CCOC(=O)[C@H](Br)C(=O)c1ccc(Br)cc1. The molecule has 0 aromatic heterocycles. The Morgan fingerprint density at radius 1 is 1.31 bits per heavy atom. The monoisotopic (exact) mass is 348 g/mol. The Bertz CT molecular complexity index is 387. The van der Waals surface area contributed by atoms with Gasteiger partial charge in [0.25, 0.3) is 0 Å². The number of alkyl halides is 1. The third kappa shape index (κ3) is 3.42. The highest BCUT2D eigenvalue weighted by Crippen LogP contribution is 2.15. The van der Waals surface area contributed by atoms with Gasteiger partial charge >= 0.3 is 5.97 Å². The third-order valence-electron chi connectivity index (χ3n) is 1.85. The van der Waals surface area contributed by atoms with Crippen molar-refractivity contribution in [3.05, 3.63) is 34.3 Å². The van der Waals surface area contributed by atoms with Crippen molar-refractivity contribution in [3.8, 4) is 0 Å². The smallest absolute Gasteiger partial charge is 0.327 e. The van der Waals surface area contributed by atoms with Crippen LogP contribution in [0.3, 0.4) is 0 Å². The van der Waals surface area contributed by atoms with Crippen LogP contribution in [0.4, 0.5) is 0 Å². The third-order valence-corrected chi connectivity index (χ3v) is 3.17. The van der Waals surface area contributed by atoms with Gasteiger partial charge in [0, 0.05) is 10.0 Å². The fourth-order valence-corrected chi connectivity index (χ4v) is 1.74. The second kappa shape index (κ2) is 6.15. The first-order chi connectivity index (χ1) is 7.56. The molecule has 0 N–H and O–H groups in total. The van der Waals surface area contributed by atoms with E-state index in [-0.39, 0.29) is 12.4 Å². The van der Waals surface area contributed by atoms with Gasteiger partial charge in [-0.05, 0) is 19.1 Å². The van der Waals surface area contributed by atoms with E-state index in [1.54, 1.807) is 31.2 Å². The predicted molar refractivity (Wildman–Crippen MR) is 67.8 cm³/mol. The molecule has 0 aliphatic carbocycles. The molecule has 1 atom stereocenters. The minimum Gasteiger partial charge on any atom is -0.465 e. The molecule has 0 unspecified atom stereocenters. The van der Waals surface area contributed by atoms with E-state index >= 15 is 0 Å². The number of hydrogen-bond acceptors (Lipinski definition) is 3. The summed E-state index contributed by atoms with van der Waals surface area (Å²) in [5.41, 5.74) is 0.470. The Morgan fingerprint density at radius 3 is 2.38 bits per heavy atom. The summed E-state index contributed by atoms with van der Waals surface area (Å²) in [6.07, 6.45) is 0. The number of hydrogen-bond donors (Lipinski definition) is 0. The van der Waals surface area contributed by atoms with Crippen LogP contribution in [0.15, 0.2) is 28.7 Å². The van der Waals surface area contributed by atoms with Crippen molar-refractivity contribution in [2.75, 3.05) is 6.61 Å². The van der Waals surface area contributed by atoms with E-state index in [1.165, 1.54) is 0 Å². The maximum atomic E-state index is 11.8. The molecule has 0 fully saturated rings. The van der Waals surface area contributed by atoms with Crippen molar-refractivity contribution >= 4 is 43.6 Å². The molecule has 0 saturated carbocycles. The van der Waals surface area contributed by atoms with Gasteiger partial charge in [-0.2, -0.15) is 0 Å². The van der Waals surface area contributed by atoms with E-state index in [4.69, 9.17) is 4.74 Å². The van der Waals surface area contributed by atoms with Gasteiger partial charge in [-0.25, -0.2) is 0 Å². The highest BCUT2D eigenvalue weighted by molar-refractivity contribution is 9.10. The average molecular weight is 350 g/mol. The first kappa shape index (κ1) is 13.4. The first-order valence-corrected chi connectivity index (χ1v) is 6.37. The number of Topliss-reactive ketones (excluding diaryl/α,β-unsaturated/α-hetero) is 1. The summed E-state index contributed by atoms with van der Waals surface area (Å²) in [4.78, 5) is 22.2. The van der Waals surface area contributed by atoms with Crippen molar-refractivity contribution < 1.29 is 14.3 Å². The highest BCUT2D eigenvalue weighted by atomic mass is 79.9. The zero-order chi connectivity index (χ0) is 12.1. The minimum absolute atomic E-state index is 0.258. The van der Waals surface area contributed by atoms with E-state index in [2.05, 4.69) is 31.9 Å². The van der Waals surface area contributed by atoms with Gasteiger partial charge in [-0.3, -0.25) is 9.59 Å². The summed E-state index contributed by atoms with van der Waals surface area (Å²) in [7, 11) is 0. The quantitative estimate of drug-likeness (QED) is 0.363. The maximum absolute atomic E-state index is 11.8. The van der Waals surface area contributed by atoms with Crippen molar-refractivity contribution in [2.45, 2.75) is 11.8 Å². The van der Waals surface area contributed by atoms with E-state index in [0.29, 0.717) is 5.56 Å². The fraction of sp³-hybridized carbons (Fsp3) is 0.273. The van der Waals surface area contributed by atoms with Crippen LogP contribution in [-0.2, 0) is 9.53 Å². The molecular weight excluding hydrogens is 340 g/mol. The zero-order valence-electron chi connectivity index (χ0n) is 8.57. The summed E-state index contributed by atoms with van der Waals surface area (Å²) < 4.78 is 5.63. The molecule has 3 nitrogen and oxygen atoms in total. The van der Waals surface area contributed by atoms with Crippen molar-refractivity contribution in [1.29, 1.82) is 0 Å². The molecule has 0 amide bonds. The molecular formula is C11H10Br2O3. The molecule has 0 saturated heterocycles. The molecule has 0 heterocycles. The number of benzene rings is 1. The lowest BCUT2D eigenvalue weighted by atomic mass is 10.1. The standard InChI is InChI=1S/C11H10Br2O3/c1-2-16-11(15)9(13)10(14)7-3-5-8(12)6-4-7/h3-6,9H,2H2,1H3/t9-/m1/s1. The second-order valence-corrected chi connectivity index (χ2v) is 4.82. The number of rotatable bonds is 4. The summed E-state index contributed by atoms with van der Waals surface area (Å²) in [5.74, 6) is -0.860. The zero-order valence-corrected chi connectivity index (χ0v) is 11.7. The molecule has 0 spiro atoms. The number of halogens is 2. The van der Waals surface area contributed by atoms with Crippen LogP contribution in [0.2, 0.25) is 0 Å². The summed E-state index contributed by atoms with van der Waals surface area (Å²) in [6.45, 7) is 1.95. The van der Waals surface area contributed by atoms with Gasteiger partial charge in [0.1, 0.15) is 0 Å². The van der Waals surface area contributed by atoms with E-state index in [1.807, 2.05) is 0 Å².